The van der Waals surface area contributed by atoms with Gasteiger partial charge in [0, 0.05) is 10.6 Å². The summed E-state index contributed by atoms with van der Waals surface area (Å²) in [5, 5.41) is 4.33. The van der Waals surface area contributed by atoms with Crippen LogP contribution in [-0.2, 0) is 22.3 Å². The number of aryl methyl sites for hydroxylation is 3. The quantitative estimate of drug-likeness (QED) is 0.644. The Morgan fingerprint density at radius 3 is 2.31 bits per heavy atom. The molecule has 0 radical (unpaired) electrons. The molecule has 0 aliphatic heterocycles. The topological polar surface area (TPSA) is 90.4 Å². The highest BCUT2D eigenvalue weighted by molar-refractivity contribution is 7.19. The third-order valence-corrected chi connectivity index (χ3v) is 6.15. The van der Waals surface area contributed by atoms with Crippen molar-refractivity contribution < 1.29 is 19.1 Å². The van der Waals surface area contributed by atoms with Gasteiger partial charge in [0.05, 0.1) is 30.7 Å². The zero-order chi connectivity index (χ0) is 20.5. The second-order valence-corrected chi connectivity index (χ2v) is 8.00. The van der Waals surface area contributed by atoms with Crippen LogP contribution in [0.15, 0.2) is 18.2 Å². The number of benzene rings is 1. The van der Waals surface area contributed by atoms with E-state index in [1.165, 1.54) is 37.1 Å². The Bertz CT molecular complexity index is 1090. The Morgan fingerprint density at radius 1 is 1.00 bits per heavy atom. The fraction of sp³-hybridized carbons (Fsp3) is 0.333. The van der Waals surface area contributed by atoms with Crippen LogP contribution >= 0.6 is 11.3 Å². The van der Waals surface area contributed by atoms with Crippen LogP contribution in [-0.4, -0.2) is 36.1 Å². The van der Waals surface area contributed by atoms with Gasteiger partial charge in [-0.2, -0.15) is 0 Å². The standard InChI is InChI=1S/C21H21N3O4S/c1-11-22-18(17-15-6-4-5-7-16(15)29-19(17)23-11)24-14-9-12(20(25)27-2)8-13(10-14)21(26)28-3/h8-10H,4-7H2,1-3H3,(H,22,23,24). The molecule has 0 bridgehead atoms. The Balaban J connectivity index is 1.83. The molecular weight excluding hydrogens is 390 g/mol. The van der Waals surface area contributed by atoms with E-state index in [-0.39, 0.29) is 11.1 Å². The normalized spacial score (nSPS) is 13.1. The first kappa shape index (κ1) is 19.3. The van der Waals surface area contributed by atoms with E-state index in [0.717, 1.165) is 29.5 Å². The molecule has 0 spiro atoms. The monoisotopic (exact) mass is 411 g/mol. The Hall–Kier alpha value is -3.00. The summed E-state index contributed by atoms with van der Waals surface area (Å²) >= 11 is 1.72. The molecule has 1 N–H and O–H groups in total. The Labute approximate surface area is 172 Å². The number of nitrogens with one attached hydrogen (secondary N) is 1. The molecule has 0 fully saturated rings. The number of fused-ring (bicyclic) bond motifs is 3. The molecule has 8 heteroatoms. The van der Waals surface area contributed by atoms with Gasteiger partial charge < -0.3 is 14.8 Å². The molecule has 2 heterocycles. The highest BCUT2D eigenvalue weighted by Gasteiger charge is 2.21. The van der Waals surface area contributed by atoms with Gasteiger partial charge in [-0.3, -0.25) is 0 Å². The lowest BCUT2D eigenvalue weighted by Gasteiger charge is -2.14. The van der Waals surface area contributed by atoms with Crippen LogP contribution in [0.5, 0.6) is 0 Å². The van der Waals surface area contributed by atoms with Crippen molar-refractivity contribution in [2.24, 2.45) is 0 Å². The second-order valence-electron chi connectivity index (χ2n) is 6.92. The lowest BCUT2D eigenvalue weighted by molar-refractivity contribution is 0.0599. The molecule has 1 aromatic carbocycles. The SMILES string of the molecule is COC(=O)c1cc(Nc2nc(C)nc3sc4c(c23)CCCC4)cc(C(=O)OC)c1. The lowest BCUT2D eigenvalue weighted by atomic mass is 9.97. The molecule has 1 aliphatic carbocycles. The summed E-state index contributed by atoms with van der Waals surface area (Å²) in [6.45, 7) is 1.86. The van der Waals surface area contributed by atoms with Crippen LogP contribution in [0.2, 0.25) is 0 Å². The molecule has 0 unspecified atom stereocenters. The number of thiophene rings is 1. The first-order valence-electron chi connectivity index (χ1n) is 9.37. The molecule has 0 amide bonds. The number of anilines is 2. The number of carbonyl (C=O) groups is 2. The van der Waals surface area contributed by atoms with Gasteiger partial charge in [0.2, 0.25) is 0 Å². The van der Waals surface area contributed by atoms with E-state index >= 15 is 0 Å². The van der Waals surface area contributed by atoms with E-state index in [0.29, 0.717) is 17.3 Å². The predicted molar refractivity (Wildman–Crippen MR) is 111 cm³/mol. The summed E-state index contributed by atoms with van der Waals surface area (Å²) in [4.78, 5) is 35.7. The number of hydrogen-bond donors (Lipinski definition) is 1. The maximum Gasteiger partial charge on any atom is 0.337 e. The van der Waals surface area contributed by atoms with Gasteiger partial charge in [-0.15, -0.1) is 11.3 Å². The van der Waals surface area contributed by atoms with Gasteiger partial charge in [-0.1, -0.05) is 0 Å². The van der Waals surface area contributed by atoms with Crippen molar-refractivity contribution in [2.75, 3.05) is 19.5 Å². The first-order valence-corrected chi connectivity index (χ1v) is 10.2. The number of carbonyl (C=O) groups excluding carboxylic acids is 2. The third kappa shape index (κ3) is 3.67. The molecular formula is C21H21N3O4S. The maximum atomic E-state index is 12.1. The highest BCUT2D eigenvalue weighted by atomic mass is 32.1. The summed E-state index contributed by atoms with van der Waals surface area (Å²) in [6.07, 6.45) is 4.42. The van der Waals surface area contributed by atoms with Crippen LogP contribution < -0.4 is 5.32 Å². The summed E-state index contributed by atoms with van der Waals surface area (Å²) in [7, 11) is 2.60. The fourth-order valence-corrected chi connectivity index (χ4v) is 4.97. The van der Waals surface area contributed by atoms with Crippen molar-refractivity contribution in [3.8, 4) is 0 Å². The van der Waals surface area contributed by atoms with Crippen molar-refractivity contribution in [1.29, 1.82) is 0 Å². The average molecular weight is 411 g/mol. The molecule has 2 aromatic heterocycles. The second kappa shape index (κ2) is 7.79. The summed E-state index contributed by atoms with van der Waals surface area (Å²) < 4.78 is 9.64. The van der Waals surface area contributed by atoms with E-state index < -0.39 is 11.9 Å². The molecule has 0 atom stereocenters. The Morgan fingerprint density at radius 2 is 1.66 bits per heavy atom. The van der Waals surface area contributed by atoms with Gasteiger partial charge in [-0.05, 0) is 56.4 Å². The predicted octanol–water partition coefficient (Wildman–Crippen LogP) is 4.20. The minimum atomic E-state index is -0.532. The first-order chi connectivity index (χ1) is 14.0. The van der Waals surface area contributed by atoms with Crippen LogP contribution in [0.25, 0.3) is 10.2 Å². The molecule has 3 aromatic rings. The highest BCUT2D eigenvalue weighted by Crippen LogP contribution is 2.39. The van der Waals surface area contributed by atoms with E-state index in [1.54, 1.807) is 23.5 Å². The van der Waals surface area contributed by atoms with Crippen molar-refractivity contribution in [1.82, 2.24) is 9.97 Å². The molecule has 7 nitrogen and oxygen atoms in total. The van der Waals surface area contributed by atoms with Gasteiger partial charge >= 0.3 is 11.9 Å². The fourth-order valence-electron chi connectivity index (χ4n) is 3.66. The van der Waals surface area contributed by atoms with E-state index in [1.807, 2.05) is 6.92 Å². The summed E-state index contributed by atoms with van der Waals surface area (Å²) in [6, 6.07) is 4.73. The van der Waals surface area contributed by atoms with Gasteiger partial charge in [0.1, 0.15) is 16.5 Å². The number of esters is 2. The number of ether oxygens (including phenoxy) is 2. The third-order valence-electron chi connectivity index (χ3n) is 4.96. The maximum absolute atomic E-state index is 12.1. The van der Waals surface area contributed by atoms with Crippen LogP contribution in [0, 0.1) is 6.92 Å². The zero-order valence-corrected chi connectivity index (χ0v) is 17.3. The van der Waals surface area contributed by atoms with Crippen LogP contribution in [0.4, 0.5) is 11.5 Å². The smallest absolute Gasteiger partial charge is 0.337 e. The zero-order valence-electron chi connectivity index (χ0n) is 16.5. The molecule has 0 saturated carbocycles. The van der Waals surface area contributed by atoms with E-state index in [2.05, 4.69) is 15.3 Å². The Kier molecular flexibility index (Phi) is 5.19. The number of rotatable bonds is 4. The number of hydrogen-bond acceptors (Lipinski definition) is 8. The number of nitrogens with zero attached hydrogens (tertiary/aromatic N) is 2. The van der Waals surface area contributed by atoms with Crippen LogP contribution in [0.3, 0.4) is 0 Å². The van der Waals surface area contributed by atoms with Crippen molar-refractivity contribution in [3.63, 3.8) is 0 Å². The largest absolute Gasteiger partial charge is 0.465 e. The van der Waals surface area contributed by atoms with Crippen LogP contribution in [0.1, 0.15) is 49.8 Å². The minimum Gasteiger partial charge on any atom is -0.465 e. The van der Waals surface area contributed by atoms with Crippen molar-refractivity contribution >= 4 is 45.0 Å². The molecule has 29 heavy (non-hydrogen) atoms. The average Bonchev–Trinajstić information content (AvgIpc) is 3.10. The summed E-state index contributed by atoms with van der Waals surface area (Å²) in [5.41, 5.74) is 2.37. The molecule has 0 saturated heterocycles. The number of methoxy groups -OCH3 is 2. The lowest BCUT2D eigenvalue weighted by Crippen LogP contribution is -2.08. The van der Waals surface area contributed by atoms with E-state index in [4.69, 9.17) is 9.47 Å². The van der Waals surface area contributed by atoms with Crippen molar-refractivity contribution in [2.45, 2.75) is 32.6 Å². The molecule has 150 valence electrons. The minimum absolute atomic E-state index is 0.257. The van der Waals surface area contributed by atoms with Crippen molar-refractivity contribution in [3.05, 3.63) is 45.6 Å². The molecule has 4 rings (SSSR count). The molecule has 1 aliphatic rings. The number of aromatic nitrogens is 2. The van der Waals surface area contributed by atoms with Gasteiger partial charge in [0.25, 0.3) is 0 Å². The van der Waals surface area contributed by atoms with E-state index in [9.17, 15) is 9.59 Å². The van der Waals surface area contributed by atoms with Gasteiger partial charge in [-0.25, -0.2) is 19.6 Å². The van der Waals surface area contributed by atoms with Gasteiger partial charge in [0.15, 0.2) is 0 Å². The summed E-state index contributed by atoms with van der Waals surface area (Å²) in [5.74, 6) is 0.284.